The van der Waals surface area contributed by atoms with Crippen LogP contribution in [0.4, 0.5) is 18.9 Å². The molecule has 0 spiro atoms. The van der Waals surface area contributed by atoms with Gasteiger partial charge in [0.15, 0.2) is 17.5 Å². The fraction of sp³-hybridized carbons (Fsp3) is 0.286. The number of hydrogen-bond acceptors (Lipinski definition) is 2. The Kier molecular flexibility index (Phi) is 5.95. The second-order valence-electron chi connectivity index (χ2n) is 4.21. The summed E-state index contributed by atoms with van der Waals surface area (Å²) in [4.78, 5) is 23.8. The fourth-order valence-corrected chi connectivity index (χ4v) is 1.66. The number of nitrogens with zero attached hydrogens (tertiary/aromatic N) is 1. The van der Waals surface area contributed by atoms with Crippen molar-refractivity contribution in [3.63, 3.8) is 0 Å². The van der Waals surface area contributed by atoms with Crippen molar-refractivity contribution >= 4 is 17.5 Å². The molecule has 0 saturated heterocycles. The molecule has 0 aliphatic rings. The van der Waals surface area contributed by atoms with E-state index in [1.165, 1.54) is 6.08 Å². The van der Waals surface area contributed by atoms with E-state index in [0.717, 1.165) is 24.0 Å². The average molecular weight is 300 g/mol. The van der Waals surface area contributed by atoms with Crippen molar-refractivity contribution < 1.29 is 22.8 Å². The Hall–Kier alpha value is -2.31. The van der Waals surface area contributed by atoms with E-state index in [4.69, 9.17) is 0 Å². The molecule has 1 rings (SSSR count). The molecule has 2 amide bonds. The summed E-state index contributed by atoms with van der Waals surface area (Å²) in [7, 11) is 0. The number of nitrogens with one attached hydrogen (secondary N) is 1. The van der Waals surface area contributed by atoms with Crippen LogP contribution < -0.4 is 10.2 Å². The van der Waals surface area contributed by atoms with Crippen LogP contribution in [0.3, 0.4) is 0 Å². The van der Waals surface area contributed by atoms with E-state index in [-0.39, 0.29) is 25.4 Å². The molecule has 0 aromatic heterocycles. The molecular weight excluding hydrogens is 285 g/mol. The zero-order valence-corrected chi connectivity index (χ0v) is 11.5. The zero-order chi connectivity index (χ0) is 16.0. The first kappa shape index (κ1) is 16.7. The quantitative estimate of drug-likeness (QED) is 0.646. The Balaban J connectivity index is 2.88. The second kappa shape index (κ2) is 7.47. The van der Waals surface area contributed by atoms with Gasteiger partial charge in [0.2, 0.25) is 11.8 Å². The van der Waals surface area contributed by atoms with Gasteiger partial charge in [0.1, 0.15) is 0 Å². The normalized spacial score (nSPS) is 10.1. The van der Waals surface area contributed by atoms with Gasteiger partial charge in [0.05, 0.1) is 5.69 Å². The van der Waals surface area contributed by atoms with Gasteiger partial charge in [-0.1, -0.05) is 6.08 Å². The van der Waals surface area contributed by atoms with E-state index in [0.29, 0.717) is 0 Å². The molecule has 114 valence electrons. The first-order chi connectivity index (χ1) is 9.88. The summed E-state index contributed by atoms with van der Waals surface area (Å²) in [6.07, 6.45) is 1.38. The number of amides is 2. The number of halogens is 3. The standard InChI is InChI=1S/C14H15F3N2O2/c1-3-7-18-12(21)6-8-19(9(2)20)11-5-4-10(15)13(16)14(11)17/h3-5H,1,6-8H2,2H3,(H,18,21). The van der Waals surface area contributed by atoms with Crippen LogP contribution in [0.1, 0.15) is 13.3 Å². The number of hydrogen-bond donors (Lipinski definition) is 1. The van der Waals surface area contributed by atoms with Crippen LogP contribution in [0.5, 0.6) is 0 Å². The molecular formula is C14H15F3N2O2. The Morgan fingerprint density at radius 3 is 2.52 bits per heavy atom. The molecule has 1 aromatic rings. The van der Waals surface area contributed by atoms with Crippen molar-refractivity contribution in [2.75, 3.05) is 18.0 Å². The zero-order valence-electron chi connectivity index (χ0n) is 11.5. The Morgan fingerprint density at radius 2 is 1.95 bits per heavy atom. The van der Waals surface area contributed by atoms with Crippen LogP contribution in [0.15, 0.2) is 24.8 Å². The lowest BCUT2D eigenvalue weighted by Crippen LogP contribution is -2.34. The third-order valence-electron chi connectivity index (χ3n) is 2.69. The predicted octanol–water partition coefficient (Wildman–Crippen LogP) is 2.15. The number of anilines is 1. The highest BCUT2D eigenvalue weighted by atomic mass is 19.2. The molecule has 1 aromatic carbocycles. The van der Waals surface area contributed by atoms with Crippen molar-refractivity contribution in [3.8, 4) is 0 Å². The third kappa shape index (κ3) is 4.34. The molecule has 0 atom stereocenters. The lowest BCUT2D eigenvalue weighted by molar-refractivity contribution is -0.120. The minimum Gasteiger partial charge on any atom is -0.353 e. The first-order valence-electron chi connectivity index (χ1n) is 6.17. The maximum absolute atomic E-state index is 13.7. The Morgan fingerprint density at radius 1 is 1.29 bits per heavy atom. The van der Waals surface area contributed by atoms with Crippen LogP contribution in [-0.2, 0) is 9.59 Å². The minimum atomic E-state index is -1.66. The summed E-state index contributed by atoms with van der Waals surface area (Å²) >= 11 is 0. The molecule has 0 bridgehead atoms. The summed E-state index contributed by atoms with van der Waals surface area (Å²) in [5.74, 6) is -5.42. The van der Waals surface area contributed by atoms with Crippen molar-refractivity contribution in [2.24, 2.45) is 0 Å². The third-order valence-corrected chi connectivity index (χ3v) is 2.69. The van der Waals surface area contributed by atoms with Crippen LogP contribution in [-0.4, -0.2) is 24.9 Å². The SMILES string of the molecule is C=CCNC(=O)CCN(C(C)=O)c1ccc(F)c(F)c1F. The summed E-state index contributed by atoms with van der Waals surface area (Å²) in [6.45, 7) is 4.68. The van der Waals surface area contributed by atoms with Gasteiger partial charge in [0.25, 0.3) is 0 Å². The smallest absolute Gasteiger partial charge is 0.223 e. The minimum absolute atomic E-state index is 0.105. The average Bonchev–Trinajstić information content (AvgIpc) is 2.44. The molecule has 0 fully saturated rings. The van der Waals surface area contributed by atoms with Gasteiger partial charge in [-0.2, -0.15) is 0 Å². The number of carbonyl (C=O) groups is 2. The van der Waals surface area contributed by atoms with Gasteiger partial charge in [-0.05, 0) is 12.1 Å². The van der Waals surface area contributed by atoms with Gasteiger partial charge in [-0.15, -0.1) is 6.58 Å². The molecule has 0 radical (unpaired) electrons. The van der Waals surface area contributed by atoms with Gasteiger partial charge < -0.3 is 10.2 Å². The topological polar surface area (TPSA) is 49.4 Å². The Bertz CT molecular complexity index is 561. The van der Waals surface area contributed by atoms with Crippen LogP contribution >= 0.6 is 0 Å². The lowest BCUT2D eigenvalue weighted by Gasteiger charge is -2.21. The summed E-state index contributed by atoms with van der Waals surface area (Å²) < 4.78 is 39.8. The van der Waals surface area contributed by atoms with E-state index in [1.54, 1.807) is 0 Å². The second-order valence-corrected chi connectivity index (χ2v) is 4.21. The summed E-state index contributed by atoms with van der Waals surface area (Å²) in [6, 6.07) is 1.68. The maximum atomic E-state index is 13.7. The number of benzene rings is 1. The van der Waals surface area contributed by atoms with Crippen molar-refractivity contribution in [1.29, 1.82) is 0 Å². The highest BCUT2D eigenvalue weighted by molar-refractivity contribution is 5.92. The van der Waals surface area contributed by atoms with E-state index in [1.807, 2.05) is 0 Å². The molecule has 21 heavy (non-hydrogen) atoms. The first-order valence-corrected chi connectivity index (χ1v) is 6.17. The largest absolute Gasteiger partial charge is 0.353 e. The van der Waals surface area contributed by atoms with Gasteiger partial charge >= 0.3 is 0 Å². The van der Waals surface area contributed by atoms with E-state index < -0.39 is 29.0 Å². The molecule has 0 unspecified atom stereocenters. The molecule has 0 saturated carbocycles. The van der Waals surface area contributed by atoms with Gasteiger partial charge in [0, 0.05) is 26.4 Å². The molecule has 0 heterocycles. The molecule has 0 aliphatic carbocycles. The lowest BCUT2D eigenvalue weighted by atomic mass is 10.2. The van der Waals surface area contributed by atoms with E-state index in [9.17, 15) is 22.8 Å². The van der Waals surface area contributed by atoms with E-state index >= 15 is 0 Å². The molecule has 0 aliphatic heterocycles. The fourth-order valence-electron chi connectivity index (χ4n) is 1.66. The highest BCUT2D eigenvalue weighted by Gasteiger charge is 2.21. The number of rotatable bonds is 6. The van der Waals surface area contributed by atoms with Gasteiger partial charge in [-0.3, -0.25) is 9.59 Å². The van der Waals surface area contributed by atoms with Crippen molar-refractivity contribution in [1.82, 2.24) is 5.32 Å². The van der Waals surface area contributed by atoms with Crippen LogP contribution in [0.25, 0.3) is 0 Å². The summed E-state index contributed by atoms with van der Waals surface area (Å²) in [5.41, 5.74) is -0.405. The highest BCUT2D eigenvalue weighted by Crippen LogP contribution is 2.24. The maximum Gasteiger partial charge on any atom is 0.223 e. The van der Waals surface area contributed by atoms with Crippen molar-refractivity contribution in [2.45, 2.75) is 13.3 Å². The van der Waals surface area contributed by atoms with Gasteiger partial charge in [-0.25, -0.2) is 13.2 Å². The predicted molar refractivity (Wildman–Crippen MR) is 72.2 cm³/mol. The Labute approximate surface area is 120 Å². The summed E-state index contributed by atoms with van der Waals surface area (Å²) in [5, 5.41) is 2.49. The molecule has 1 N–H and O–H groups in total. The molecule has 4 nitrogen and oxygen atoms in total. The van der Waals surface area contributed by atoms with E-state index in [2.05, 4.69) is 11.9 Å². The van der Waals surface area contributed by atoms with Crippen molar-refractivity contribution in [3.05, 3.63) is 42.2 Å². The monoisotopic (exact) mass is 300 g/mol. The van der Waals surface area contributed by atoms with Crippen LogP contribution in [0.2, 0.25) is 0 Å². The van der Waals surface area contributed by atoms with Crippen LogP contribution in [0, 0.1) is 17.5 Å². The number of carbonyl (C=O) groups excluding carboxylic acids is 2. The molecule has 7 heteroatoms.